The van der Waals surface area contributed by atoms with Gasteiger partial charge in [-0.05, 0) is 62.8 Å². The zero-order chi connectivity index (χ0) is 36.6. The van der Waals surface area contributed by atoms with Gasteiger partial charge in [0.25, 0.3) is 0 Å². The first-order chi connectivity index (χ1) is 23.1. The lowest BCUT2D eigenvalue weighted by Gasteiger charge is -2.41. The van der Waals surface area contributed by atoms with Crippen LogP contribution >= 0.6 is 0 Å². The van der Waals surface area contributed by atoms with Gasteiger partial charge in [0.2, 0.25) is 23.6 Å². The number of likely N-dealkylation sites (tertiary alicyclic amines) is 1. The first-order valence-corrected chi connectivity index (χ1v) is 17.4. The SMILES string of the molecule is CC[C@H](C)[C@@H]([C@@H](CC(=O)N1CCC[C@H]1[C@H](OC)[C@@H](C)C(=O)Nc1cccc2ncccc12)OC)N(C)C(=O)[C@@H](NC(=O)C(C)(C)N)C(C)C. The van der Waals surface area contributed by atoms with Crippen molar-refractivity contribution in [1.29, 1.82) is 0 Å². The molecule has 0 aliphatic carbocycles. The van der Waals surface area contributed by atoms with E-state index in [-0.39, 0.29) is 42.0 Å². The quantitative estimate of drug-likeness (QED) is 0.240. The van der Waals surface area contributed by atoms with E-state index < -0.39 is 41.7 Å². The van der Waals surface area contributed by atoms with Gasteiger partial charge in [-0.25, -0.2) is 0 Å². The molecule has 12 heteroatoms. The van der Waals surface area contributed by atoms with Crippen molar-refractivity contribution < 1.29 is 28.7 Å². The molecule has 4 N–H and O–H groups in total. The Labute approximate surface area is 291 Å². The summed E-state index contributed by atoms with van der Waals surface area (Å²) in [4.78, 5) is 62.2. The molecule has 0 bridgehead atoms. The van der Waals surface area contributed by atoms with Crippen LogP contribution in [0.2, 0.25) is 0 Å². The molecule has 12 nitrogen and oxygen atoms in total. The number of hydrogen-bond acceptors (Lipinski definition) is 8. The highest BCUT2D eigenvalue weighted by Gasteiger charge is 2.43. The van der Waals surface area contributed by atoms with Gasteiger partial charge in [0.1, 0.15) is 6.04 Å². The number of fused-ring (bicyclic) bond motifs is 1. The molecule has 3 rings (SSSR count). The number of hydrogen-bond donors (Lipinski definition) is 3. The Balaban J connectivity index is 1.79. The van der Waals surface area contributed by atoms with Crippen molar-refractivity contribution in [2.45, 2.75) is 110 Å². The number of ether oxygens (including phenoxy) is 2. The predicted molar refractivity (Wildman–Crippen MR) is 192 cm³/mol. The highest BCUT2D eigenvalue weighted by atomic mass is 16.5. The molecule has 4 amide bonds. The van der Waals surface area contributed by atoms with Crippen molar-refractivity contribution in [3.05, 3.63) is 36.5 Å². The van der Waals surface area contributed by atoms with E-state index in [1.54, 1.807) is 46.2 Å². The normalized spacial score (nSPS) is 18.8. The molecule has 0 saturated carbocycles. The predicted octanol–water partition coefficient (Wildman–Crippen LogP) is 3.97. The standard InChI is InChI=1S/C37H58N6O6/c1-11-23(4)32(42(8)35(46)31(22(2)3)41-36(47)37(6,7)38)29(48-9)21-30(44)43-20-14-18-28(43)33(49-10)24(5)34(45)40-27-17-12-16-26-25(27)15-13-19-39-26/h12-13,15-17,19,22-24,28-29,31-33H,11,14,18,20-21,38H2,1-10H3,(H,40,45)(H,41,47)/t23-,24+,28-,29+,31-,32-,33+/m0/s1. The molecule has 0 spiro atoms. The number of pyridine rings is 1. The second-order valence-electron chi connectivity index (χ2n) is 14.4. The molecule has 0 unspecified atom stereocenters. The molecule has 1 aliphatic rings. The fourth-order valence-electron chi connectivity index (χ4n) is 6.83. The van der Waals surface area contributed by atoms with E-state index in [9.17, 15) is 19.2 Å². The molecule has 2 heterocycles. The molecule has 0 radical (unpaired) electrons. The van der Waals surface area contributed by atoms with E-state index >= 15 is 0 Å². The smallest absolute Gasteiger partial charge is 0.245 e. The molecule has 49 heavy (non-hydrogen) atoms. The van der Waals surface area contributed by atoms with Gasteiger partial charge in [-0.3, -0.25) is 24.2 Å². The van der Waals surface area contributed by atoms with Crippen LogP contribution in [0.25, 0.3) is 10.9 Å². The summed E-state index contributed by atoms with van der Waals surface area (Å²) in [5.41, 5.74) is 6.31. The average Bonchev–Trinajstić information content (AvgIpc) is 3.55. The summed E-state index contributed by atoms with van der Waals surface area (Å²) in [7, 11) is 4.83. The number of amides is 4. The largest absolute Gasteiger partial charge is 0.379 e. The van der Waals surface area contributed by atoms with Gasteiger partial charge in [-0.1, -0.05) is 47.1 Å². The van der Waals surface area contributed by atoms with Crippen LogP contribution < -0.4 is 16.4 Å². The summed E-state index contributed by atoms with van der Waals surface area (Å²) >= 11 is 0. The van der Waals surface area contributed by atoms with Gasteiger partial charge in [0, 0.05) is 39.4 Å². The van der Waals surface area contributed by atoms with Crippen molar-refractivity contribution in [2.75, 3.05) is 33.1 Å². The summed E-state index contributed by atoms with van der Waals surface area (Å²) in [5.74, 6) is -1.81. The zero-order valence-electron chi connectivity index (χ0n) is 31.0. The molecule has 2 aromatic rings. The summed E-state index contributed by atoms with van der Waals surface area (Å²) in [5, 5.41) is 6.73. The number of nitrogens with two attached hydrogens (primary N) is 1. The van der Waals surface area contributed by atoms with Crippen LogP contribution in [0, 0.1) is 17.8 Å². The Morgan fingerprint density at radius 2 is 1.78 bits per heavy atom. The van der Waals surface area contributed by atoms with E-state index in [0.717, 1.165) is 23.7 Å². The highest BCUT2D eigenvalue weighted by Crippen LogP contribution is 2.30. The maximum Gasteiger partial charge on any atom is 0.245 e. The Hall–Kier alpha value is -3.61. The van der Waals surface area contributed by atoms with Crippen molar-refractivity contribution in [3.63, 3.8) is 0 Å². The zero-order valence-corrected chi connectivity index (χ0v) is 31.0. The van der Waals surface area contributed by atoms with Crippen LogP contribution in [0.3, 0.4) is 0 Å². The third kappa shape index (κ3) is 9.55. The van der Waals surface area contributed by atoms with Crippen molar-refractivity contribution >= 4 is 40.2 Å². The monoisotopic (exact) mass is 682 g/mol. The summed E-state index contributed by atoms with van der Waals surface area (Å²) in [6.45, 7) is 13.3. The Morgan fingerprint density at radius 3 is 2.37 bits per heavy atom. The lowest BCUT2D eigenvalue weighted by molar-refractivity contribution is -0.147. The van der Waals surface area contributed by atoms with Crippen LogP contribution in [0.4, 0.5) is 5.69 Å². The third-order valence-electron chi connectivity index (χ3n) is 9.97. The number of likely N-dealkylation sites (N-methyl/N-ethyl adjacent to an activating group) is 1. The van der Waals surface area contributed by atoms with Gasteiger partial charge in [0.05, 0.1) is 53.4 Å². The maximum atomic E-state index is 14.1. The summed E-state index contributed by atoms with van der Waals surface area (Å²) in [6.07, 6.45) is 2.79. The van der Waals surface area contributed by atoms with Crippen LogP contribution in [-0.4, -0.2) is 102 Å². The minimum Gasteiger partial charge on any atom is -0.379 e. The highest BCUT2D eigenvalue weighted by molar-refractivity contribution is 6.01. The average molecular weight is 683 g/mol. The Bertz CT molecular complexity index is 1440. The van der Waals surface area contributed by atoms with Crippen LogP contribution in [-0.2, 0) is 28.7 Å². The molecule has 1 saturated heterocycles. The van der Waals surface area contributed by atoms with Crippen molar-refractivity contribution in [2.24, 2.45) is 23.5 Å². The Kier molecular flexibility index (Phi) is 14.1. The summed E-state index contributed by atoms with van der Waals surface area (Å²) < 4.78 is 11.9. The number of rotatable bonds is 16. The minimum atomic E-state index is -1.15. The number of anilines is 1. The molecule has 1 fully saturated rings. The fraction of sp³-hybridized carbons (Fsp3) is 0.649. The first kappa shape index (κ1) is 39.8. The number of benzene rings is 1. The topological polar surface area (TPSA) is 156 Å². The Morgan fingerprint density at radius 1 is 1.08 bits per heavy atom. The van der Waals surface area contributed by atoms with Crippen LogP contribution in [0.5, 0.6) is 0 Å². The number of aromatic nitrogens is 1. The van der Waals surface area contributed by atoms with E-state index in [1.165, 1.54) is 0 Å². The van der Waals surface area contributed by atoms with Gasteiger partial charge < -0.3 is 35.6 Å². The van der Waals surface area contributed by atoms with Gasteiger partial charge >= 0.3 is 0 Å². The molecule has 1 aliphatic heterocycles. The van der Waals surface area contributed by atoms with E-state index in [1.807, 2.05) is 69.9 Å². The first-order valence-electron chi connectivity index (χ1n) is 17.4. The van der Waals surface area contributed by atoms with Crippen LogP contribution in [0.15, 0.2) is 36.5 Å². The molecule has 1 aromatic carbocycles. The van der Waals surface area contributed by atoms with Gasteiger partial charge in [-0.15, -0.1) is 0 Å². The molecule has 272 valence electrons. The lowest BCUT2D eigenvalue weighted by atomic mass is 9.89. The number of carbonyl (C=O) groups excluding carboxylic acids is 4. The minimum absolute atomic E-state index is 0.0183. The van der Waals surface area contributed by atoms with Gasteiger partial charge in [0.15, 0.2) is 0 Å². The lowest BCUT2D eigenvalue weighted by Crippen LogP contribution is -2.60. The number of nitrogens with one attached hydrogen (secondary N) is 2. The van der Waals surface area contributed by atoms with Crippen LogP contribution in [0.1, 0.15) is 74.1 Å². The number of carbonyl (C=O) groups is 4. The van der Waals surface area contributed by atoms with Gasteiger partial charge in [-0.2, -0.15) is 0 Å². The fourth-order valence-corrected chi connectivity index (χ4v) is 6.83. The molecule has 1 aromatic heterocycles. The van der Waals surface area contributed by atoms with E-state index in [4.69, 9.17) is 15.2 Å². The maximum absolute atomic E-state index is 14.1. The van der Waals surface area contributed by atoms with Crippen molar-refractivity contribution in [3.8, 4) is 0 Å². The number of methoxy groups -OCH3 is 2. The molecular weight excluding hydrogens is 624 g/mol. The second kappa shape index (κ2) is 17.4. The third-order valence-corrected chi connectivity index (χ3v) is 9.97. The van der Waals surface area contributed by atoms with Crippen molar-refractivity contribution in [1.82, 2.24) is 20.1 Å². The van der Waals surface area contributed by atoms with E-state index in [0.29, 0.717) is 18.7 Å². The number of nitrogens with zero attached hydrogens (tertiary/aromatic N) is 3. The molecule has 7 atom stereocenters. The molecular formula is C37H58N6O6. The second-order valence-corrected chi connectivity index (χ2v) is 14.4. The summed E-state index contributed by atoms with van der Waals surface area (Å²) in [6, 6.07) is 7.77. The van der Waals surface area contributed by atoms with E-state index in [2.05, 4.69) is 15.6 Å².